The Bertz CT molecular complexity index is 860. The van der Waals surface area contributed by atoms with Gasteiger partial charge in [-0.2, -0.15) is 0 Å². The number of carbonyl (C=O) groups excluding carboxylic acids is 1. The van der Waals surface area contributed by atoms with Crippen LogP contribution in [-0.4, -0.2) is 27.4 Å². The lowest BCUT2D eigenvalue weighted by Gasteiger charge is -2.30. The van der Waals surface area contributed by atoms with E-state index in [1.54, 1.807) is 12.1 Å². The molecule has 1 aliphatic rings. The number of sulfonamides is 1. The highest BCUT2D eigenvalue weighted by Crippen LogP contribution is 2.31. The van der Waals surface area contributed by atoms with E-state index < -0.39 is 10.0 Å². The Labute approximate surface area is 148 Å². The van der Waals surface area contributed by atoms with E-state index in [1.807, 2.05) is 36.4 Å². The summed E-state index contributed by atoms with van der Waals surface area (Å²) >= 11 is 0. The quantitative estimate of drug-likeness (QED) is 0.893. The van der Waals surface area contributed by atoms with Crippen LogP contribution in [-0.2, 0) is 27.7 Å². The first-order valence-corrected chi connectivity index (χ1v) is 9.86. The van der Waals surface area contributed by atoms with Crippen LogP contribution in [0.3, 0.4) is 0 Å². The van der Waals surface area contributed by atoms with Crippen LogP contribution in [0.25, 0.3) is 0 Å². The molecule has 0 fully saturated rings. The number of aryl methyl sites for hydroxylation is 1. The zero-order chi connectivity index (χ0) is 17.9. The van der Waals surface area contributed by atoms with Crippen LogP contribution in [0, 0.1) is 0 Å². The first kappa shape index (κ1) is 17.5. The van der Waals surface area contributed by atoms with E-state index in [1.165, 1.54) is 11.2 Å². The standard InChI is InChI=1S/C19H22N2O3S/c1-15(22)20-13-12-16-8-10-18(11-9-16)25(23,24)21-14-4-6-17-5-2-3-7-19(17)21/h2-3,5,7-11H,4,6,12-14H2,1H3,(H,20,22). The molecule has 1 heterocycles. The van der Waals surface area contributed by atoms with E-state index >= 15 is 0 Å². The van der Waals surface area contributed by atoms with Crippen molar-refractivity contribution in [3.8, 4) is 0 Å². The summed E-state index contributed by atoms with van der Waals surface area (Å²) in [6.07, 6.45) is 2.40. The first-order chi connectivity index (χ1) is 12.0. The molecular formula is C19H22N2O3S. The monoisotopic (exact) mass is 358 g/mol. The van der Waals surface area contributed by atoms with Crippen molar-refractivity contribution in [2.45, 2.75) is 31.1 Å². The molecule has 0 saturated carbocycles. The smallest absolute Gasteiger partial charge is 0.264 e. The summed E-state index contributed by atoms with van der Waals surface area (Å²) < 4.78 is 27.6. The molecule has 0 aliphatic carbocycles. The van der Waals surface area contributed by atoms with Gasteiger partial charge in [-0.25, -0.2) is 8.42 Å². The molecule has 3 rings (SSSR count). The molecule has 5 nitrogen and oxygen atoms in total. The number of para-hydroxylation sites is 1. The summed E-state index contributed by atoms with van der Waals surface area (Å²) in [5.41, 5.74) is 2.85. The number of anilines is 1. The Kier molecular flexibility index (Phi) is 5.08. The molecule has 0 atom stereocenters. The number of rotatable bonds is 5. The zero-order valence-corrected chi connectivity index (χ0v) is 15.1. The zero-order valence-electron chi connectivity index (χ0n) is 14.2. The van der Waals surface area contributed by atoms with Crippen LogP contribution in [0.1, 0.15) is 24.5 Å². The second kappa shape index (κ2) is 7.27. The summed E-state index contributed by atoms with van der Waals surface area (Å²) in [4.78, 5) is 11.2. The van der Waals surface area contributed by atoms with Gasteiger partial charge in [-0.1, -0.05) is 30.3 Å². The lowest BCUT2D eigenvalue weighted by molar-refractivity contribution is -0.118. The lowest BCUT2D eigenvalue weighted by atomic mass is 10.0. The predicted molar refractivity (Wildman–Crippen MR) is 98.1 cm³/mol. The average molecular weight is 358 g/mol. The molecule has 0 saturated heterocycles. The number of hydrogen-bond acceptors (Lipinski definition) is 3. The van der Waals surface area contributed by atoms with Gasteiger partial charge in [-0.3, -0.25) is 9.10 Å². The third-order valence-corrected chi connectivity index (χ3v) is 6.19. The normalized spacial score (nSPS) is 14.0. The molecule has 2 aromatic carbocycles. The van der Waals surface area contributed by atoms with E-state index in [9.17, 15) is 13.2 Å². The summed E-state index contributed by atoms with van der Waals surface area (Å²) in [6, 6.07) is 14.6. The SMILES string of the molecule is CC(=O)NCCc1ccc(S(=O)(=O)N2CCCc3ccccc32)cc1. The number of fused-ring (bicyclic) bond motifs is 1. The maximum absolute atomic E-state index is 13.0. The van der Waals surface area contributed by atoms with Gasteiger partial charge in [-0.05, 0) is 48.6 Å². The highest BCUT2D eigenvalue weighted by atomic mass is 32.2. The van der Waals surface area contributed by atoms with Gasteiger partial charge in [0.1, 0.15) is 0 Å². The van der Waals surface area contributed by atoms with Crippen LogP contribution in [0.15, 0.2) is 53.4 Å². The summed E-state index contributed by atoms with van der Waals surface area (Å²) in [5.74, 6) is -0.0667. The minimum absolute atomic E-state index is 0.0667. The third kappa shape index (κ3) is 3.85. The molecule has 6 heteroatoms. The average Bonchev–Trinajstić information content (AvgIpc) is 2.61. The number of nitrogens with one attached hydrogen (secondary N) is 1. The van der Waals surface area contributed by atoms with Gasteiger partial charge < -0.3 is 5.32 Å². The van der Waals surface area contributed by atoms with Crippen LogP contribution in [0.2, 0.25) is 0 Å². The summed E-state index contributed by atoms with van der Waals surface area (Å²) in [5, 5.41) is 2.74. The molecule has 1 amide bonds. The molecular weight excluding hydrogens is 336 g/mol. The van der Waals surface area contributed by atoms with Crippen LogP contribution >= 0.6 is 0 Å². The van der Waals surface area contributed by atoms with Crippen molar-refractivity contribution >= 4 is 21.6 Å². The van der Waals surface area contributed by atoms with E-state index in [2.05, 4.69) is 5.32 Å². The van der Waals surface area contributed by atoms with Crippen molar-refractivity contribution in [3.05, 3.63) is 59.7 Å². The van der Waals surface area contributed by atoms with E-state index in [0.717, 1.165) is 29.7 Å². The van der Waals surface area contributed by atoms with Gasteiger partial charge in [0.2, 0.25) is 5.91 Å². The topological polar surface area (TPSA) is 66.5 Å². The molecule has 25 heavy (non-hydrogen) atoms. The minimum atomic E-state index is -3.56. The highest BCUT2D eigenvalue weighted by Gasteiger charge is 2.28. The summed E-state index contributed by atoms with van der Waals surface area (Å²) in [7, 11) is -3.56. The van der Waals surface area contributed by atoms with Crippen LogP contribution < -0.4 is 9.62 Å². The van der Waals surface area contributed by atoms with Crippen molar-refractivity contribution in [1.29, 1.82) is 0 Å². The Hall–Kier alpha value is -2.34. The highest BCUT2D eigenvalue weighted by molar-refractivity contribution is 7.92. The predicted octanol–water partition coefficient (Wildman–Crippen LogP) is 2.51. The van der Waals surface area contributed by atoms with Crippen molar-refractivity contribution < 1.29 is 13.2 Å². The van der Waals surface area contributed by atoms with Crippen LogP contribution in [0.4, 0.5) is 5.69 Å². The van der Waals surface area contributed by atoms with Crippen molar-refractivity contribution in [2.24, 2.45) is 0 Å². The largest absolute Gasteiger partial charge is 0.356 e. The fraction of sp³-hybridized carbons (Fsp3) is 0.316. The maximum atomic E-state index is 13.0. The molecule has 2 aromatic rings. The van der Waals surface area contributed by atoms with Crippen LogP contribution in [0.5, 0.6) is 0 Å². The maximum Gasteiger partial charge on any atom is 0.264 e. The molecule has 1 N–H and O–H groups in total. The molecule has 0 bridgehead atoms. The van der Waals surface area contributed by atoms with Gasteiger partial charge in [0.05, 0.1) is 10.6 Å². The summed E-state index contributed by atoms with van der Waals surface area (Å²) in [6.45, 7) is 2.52. The second-order valence-corrected chi connectivity index (χ2v) is 8.05. The van der Waals surface area contributed by atoms with Gasteiger partial charge in [0.15, 0.2) is 0 Å². The minimum Gasteiger partial charge on any atom is -0.356 e. The second-order valence-electron chi connectivity index (χ2n) is 6.19. The molecule has 132 valence electrons. The molecule has 1 aliphatic heterocycles. The van der Waals surface area contributed by atoms with Crippen molar-refractivity contribution in [2.75, 3.05) is 17.4 Å². The molecule has 0 spiro atoms. The van der Waals surface area contributed by atoms with Gasteiger partial charge in [0.25, 0.3) is 10.0 Å². The van der Waals surface area contributed by atoms with E-state index in [4.69, 9.17) is 0 Å². The molecule has 0 radical (unpaired) electrons. The molecule has 0 unspecified atom stereocenters. The van der Waals surface area contributed by atoms with Crippen molar-refractivity contribution in [1.82, 2.24) is 5.32 Å². The van der Waals surface area contributed by atoms with Gasteiger partial charge in [-0.15, -0.1) is 0 Å². The number of carbonyl (C=O) groups is 1. The number of nitrogens with zero attached hydrogens (tertiary/aromatic N) is 1. The lowest BCUT2D eigenvalue weighted by Crippen LogP contribution is -2.35. The Morgan fingerprint density at radius 1 is 1.12 bits per heavy atom. The van der Waals surface area contributed by atoms with Crippen molar-refractivity contribution in [3.63, 3.8) is 0 Å². The third-order valence-electron chi connectivity index (χ3n) is 4.37. The first-order valence-electron chi connectivity index (χ1n) is 8.42. The number of hydrogen-bond donors (Lipinski definition) is 1. The van der Waals surface area contributed by atoms with E-state index in [-0.39, 0.29) is 5.91 Å². The number of benzene rings is 2. The molecule has 0 aromatic heterocycles. The Balaban J connectivity index is 1.80. The Morgan fingerprint density at radius 3 is 2.56 bits per heavy atom. The Morgan fingerprint density at radius 2 is 1.84 bits per heavy atom. The fourth-order valence-corrected chi connectivity index (χ4v) is 4.63. The number of amides is 1. The van der Waals surface area contributed by atoms with Gasteiger partial charge in [0, 0.05) is 20.0 Å². The van der Waals surface area contributed by atoms with Gasteiger partial charge >= 0.3 is 0 Å². The fourth-order valence-electron chi connectivity index (χ4n) is 3.09. The van der Waals surface area contributed by atoms with E-state index in [0.29, 0.717) is 24.4 Å².